The van der Waals surface area contributed by atoms with Gasteiger partial charge in [0.2, 0.25) is 5.91 Å². The van der Waals surface area contributed by atoms with E-state index < -0.39 is 17.9 Å². The first kappa shape index (κ1) is 26.4. The molecule has 2 aromatic rings. The summed E-state index contributed by atoms with van der Waals surface area (Å²) in [5, 5.41) is 15.5. The van der Waals surface area contributed by atoms with Crippen LogP contribution in [0.5, 0.6) is 0 Å². The molecule has 2 heterocycles. The van der Waals surface area contributed by atoms with Gasteiger partial charge in [0.1, 0.15) is 11.8 Å². The largest absolute Gasteiger partial charge is 0.469 e. The van der Waals surface area contributed by atoms with Crippen LogP contribution in [0, 0.1) is 17.2 Å². The molecule has 1 aliphatic carbocycles. The zero-order valence-electron chi connectivity index (χ0n) is 21.7. The zero-order valence-corrected chi connectivity index (χ0v) is 21.7. The molecule has 2 amide bonds. The molecule has 1 saturated carbocycles. The first-order valence-electron chi connectivity index (χ1n) is 12.7. The maximum Gasteiger partial charge on any atom is 0.310 e. The molecular formula is C28H34N4O5. The number of hydrogen-bond donors (Lipinski definition) is 2. The summed E-state index contributed by atoms with van der Waals surface area (Å²) >= 11 is 0. The summed E-state index contributed by atoms with van der Waals surface area (Å²) in [6.45, 7) is 6.74. The van der Waals surface area contributed by atoms with Crippen molar-refractivity contribution in [3.63, 3.8) is 0 Å². The van der Waals surface area contributed by atoms with E-state index in [0.29, 0.717) is 42.7 Å². The molecule has 1 saturated heterocycles. The summed E-state index contributed by atoms with van der Waals surface area (Å²) in [5.74, 6) is -0.857. The smallest absolute Gasteiger partial charge is 0.310 e. The molecule has 4 atom stereocenters. The minimum Gasteiger partial charge on any atom is -0.469 e. The number of likely N-dealkylation sites (tertiary alicyclic amines) is 1. The van der Waals surface area contributed by atoms with E-state index in [4.69, 9.17) is 14.4 Å². The lowest BCUT2D eigenvalue weighted by molar-refractivity contribution is -0.151. The predicted octanol–water partition coefficient (Wildman–Crippen LogP) is 3.25. The summed E-state index contributed by atoms with van der Waals surface area (Å²) in [6.07, 6.45) is 2.58. The van der Waals surface area contributed by atoms with Crippen molar-refractivity contribution in [2.24, 2.45) is 5.92 Å². The molecule has 9 heteroatoms. The molecule has 0 radical (unpaired) electrons. The summed E-state index contributed by atoms with van der Waals surface area (Å²) in [6, 6.07) is 11.4. The minimum absolute atomic E-state index is 0.0821. The normalized spacial score (nSPS) is 24.0. The van der Waals surface area contributed by atoms with Crippen molar-refractivity contribution in [3.05, 3.63) is 47.7 Å². The second kappa shape index (κ2) is 10.8. The lowest BCUT2D eigenvalue weighted by atomic mass is 9.80. The highest BCUT2D eigenvalue weighted by atomic mass is 16.5. The number of nitriles is 1. The van der Waals surface area contributed by atoms with Crippen LogP contribution < -0.4 is 10.6 Å². The van der Waals surface area contributed by atoms with Gasteiger partial charge >= 0.3 is 5.97 Å². The van der Waals surface area contributed by atoms with Gasteiger partial charge in [0.25, 0.3) is 5.91 Å². The van der Waals surface area contributed by atoms with Crippen LogP contribution in [0.4, 0.5) is 0 Å². The number of carbonyl (C=O) groups is 3. The summed E-state index contributed by atoms with van der Waals surface area (Å²) < 4.78 is 10.8. The molecule has 0 bridgehead atoms. The van der Waals surface area contributed by atoms with Gasteiger partial charge in [0, 0.05) is 29.7 Å². The van der Waals surface area contributed by atoms with E-state index in [-0.39, 0.29) is 35.3 Å². The minimum atomic E-state index is -0.688. The van der Waals surface area contributed by atoms with E-state index >= 15 is 0 Å². The Morgan fingerprint density at radius 2 is 1.95 bits per heavy atom. The van der Waals surface area contributed by atoms with Gasteiger partial charge in [-0.1, -0.05) is 12.1 Å². The number of rotatable bonds is 6. The SMILES string of the molecule is COC(=O)[C@@H]1C[C@H](NC(C)(C)C)CC[C@@H]1N1CC[C@H](NC(=O)c2ccc(-c3cccc(C#N)c3)o2)C1=O. The molecule has 2 N–H and O–H groups in total. The van der Waals surface area contributed by atoms with Crippen molar-refractivity contribution in [2.75, 3.05) is 13.7 Å². The maximum absolute atomic E-state index is 13.3. The van der Waals surface area contributed by atoms with Crippen LogP contribution in [-0.4, -0.2) is 60.0 Å². The van der Waals surface area contributed by atoms with E-state index in [1.54, 1.807) is 41.3 Å². The Hall–Kier alpha value is -3.64. The second-order valence-corrected chi connectivity index (χ2v) is 10.8. The molecule has 0 unspecified atom stereocenters. The lowest BCUT2D eigenvalue weighted by Crippen LogP contribution is -2.55. The number of carbonyl (C=O) groups excluding carboxylic acids is 3. The molecule has 1 aromatic heterocycles. The molecule has 196 valence electrons. The number of methoxy groups -OCH3 is 1. The van der Waals surface area contributed by atoms with Crippen molar-refractivity contribution in [2.45, 2.75) is 70.1 Å². The van der Waals surface area contributed by atoms with Crippen LogP contribution >= 0.6 is 0 Å². The maximum atomic E-state index is 13.3. The Morgan fingerprint density at radius 1 is 1.16 bits per heavy atom. The van der Waals surface area contributed by atoms with Crippen molar-refractivity contribution in [1.29, 1.82) is 5.26 Å². The Morgan fingerprint density at radius 3 is 2.65 bits per heavy atom. The number of nitrogens with one attached hydrogen (secondary N) is 2. The van der Waals surface area contributed by atoms with Crippen molar-refractivity contribution >= 4 is 17.8 Å². The average molecular weight is 507 g/mol. The van der Waals surface area contributed by atoms with Gasteiger partial charge in [-0.05, 0) is 70.7 Å². The molecule has 2 aliphatic rings. The number of ether oxygens (including phenoxy) is 1. The highest BCUT2D eigenvalue weighted by Gasteiger charge is 2.45. The highest BCUT2D eigenvalue weighted by molar-refractivity contribution is 5.96. The van der Waals surface area contributed by atoms with Crippen molar-refractivity contribution < 1.29 is 23.5 Å². The molecule has 0 spiro atoms. The molecule has 2 fully saturated rings. The third kappa shape index (κ3) is 6.03. The fraction of sp³-hybridized carbons (Fsp3) is 0.500. The van der Waals surface area contributed by atoms with E-state index in [9.17, 15) is 14.4 Å². The quantitative estimate of drug-likeness (QED) is 0.576. The number of furan rings is 1. The summed E-state index contributed by atoms with van der Waals surface area (Å²) in [5.41, 5.74) is 1.10. The molecule has 1 aliphatic heterocycles. The molecule has 9 nitrogen and oxygen atoms in total. The topological polar surface area (TPSA) is 125 Å². The van der Waals surface area contributed by atoms with Gasteiger partial charge in [-0.25, -0.2) is 0 Å². The van der Waals surface area contributed by atoms with E-state index in [0.717, 1.165) is 6.42 Å². The summed E-state index contributed by atoms with van der Waals surface area (Å²) in [4.78, 5) is 40.6. The molecule has 37 heavy (non-hydrogen) atoms. The monoisotopic (exact) mass is 506 g/mol. The first-order chi connectivity index (χ1) is 17.6. The fourth-order valence-corrected chi connectivity index (χ4v) is 5.43. The molecule has 1 aromatic carbocycles. The van der Waals surface area contributed by atoms with Crippen LogP contribution in [0.3, 0.4) is 0 Å². The number of esters is 1. The lowest BCUT2D eigenvalue weighted by Gasteiger charge is -2.41. The van der Waals surface area contributed by atoms with E-state index in [1.807, 2.05) is 0 Å². The van der Waals surface area contributed by atoms with Crippen LogP contribution in [0.2, 0.25) is 0 Å². The van der Waals surface area contributed by atoms with Gasteiger partial charge in [-0.15, -0.1) is 0 Å². The third-order valence-electron chi connectivity index (χ3n) is 7.01. The predicted molar refractivity (Wildman–Crippen MR) is 136 cm³/mol. The van der Waals surface area contributed by atoms with Gasteiger partial charge in [0.15, 0.2) is 5.76 Å². The van der Waals surface area contributed by atoms with Gasteiger partial charge in [-0.2, -0.15) is 5.26 Å². The standard InChI is InChI=1S/C28H34N4O5/c1-28(2,3)31-19-8-9-22(20(15-19)27(35)36-4)32-13-12-21(26(32)34)30-25(33)24-11-10-23(37-24)18-7-5-6-17(14-18)16-29/h5-7,10-11,14,19-22,31H,8-9,12-13,15H2,1-4H3,(H,30,33)/t19-,20-,21+,22+/m1/s1. The Labute approximate surface area is 217 Å². The van der Waals surface area contributed by atoms with E-state index in [1.165, 1.54) is 7.11 Å². The van der Waals surface area contributed by atoms with Crippen molar-refractivity contribution in [3.8, 4) is 17.4 Å². The Balaban J connectivity index is 1.41. The Kier molecular flexibility index (Phi) is 7.69. The van der Waals surface area contributed by atoms with E-state index in [2.05, 4.69) is 37.5 Å². The fourth-order valence-electron chi connectivity index (χ4n) is 5.43. The third-order valence-corrected chi connectivity index (χ3v) is 7.01. The zero-order chi connectivity index (χ0) is 26.7. The van der Waals surface area contributed by atoms with Crippen LogP contribution in [0.15, 0.2) is 40.8 Å². The van der Waals surface area contributed by atoms with Gasteiger partial charge < -0.3 is 24.7 Å². The second-order valence-electron chi connectivity index (χ2n) is 10.8. The number of amides is 2. The van der Waals surface area contributed by atoms with Crippen LogP contribution in [0.1, 0.15) is 62.6 Å². The van der Waals surface area contributed by atoms with Crippen molar-refractivity contribution in [1.82, 2.24) is 15.5 Å². The van der Waals surface area contributed by atoms with Crippen LogP contribution in [-0.2, 0) is 14.3 Å². The molecular weight excluding hydrogens is 472 g/mol. The highest BCUT2D eigenvalue weighted by Crippen LogP contribution is 2.33. The number of nitrogens with zero attached hydrogens (tertiary/aromatic N) is 2. The molecule has 4 rings (SSSR count). The summed E-state index contributed by atoms with van der Waals surface area (Å²) in [7, 11) is 1.38. The van der Waals surface area contributed by atoms with Gasteiger partial charge in [-0.3, -0.25) is 14.4 Å². The first-order valence-corrected chi connectivity index (χ1v) is 12.7. The average Bonchev–Trinajstić information content (AvgIpc) is 3.50. The Bertz CT molecular complexity index is 1210. The number of hydrogen-bond acceptors (Lipinski definition) is 7. The van der Waals surface area contributed by atoms with Gasteiger partial charge in [0.05, 0.1) is 24.7 Å². The number of benzene rings is 1. The van der Waals surface area contributed by atoms with Crippen LogP contribution in [0.25, 0.3) is 11.3 Å².